The van der Waals surface area contributed by atoms with E-state index in [1.54, 1.807) is 14.2 Å². The third kappa shape index (κ3) is 4.47. The minimum atomic E-state index is -0.323. The van der Waals surface area contributed by atoms with Gasteiger partial charge >= 0.3 is 0 Å². The van der Waals surface area contributed by atoms with E-state index < -0.39 is 0 Å². The van der Waals surface area contributed by atoms with E-state index in [0.29, 0.717) is 13.2 Å². The maximum absolute atomic E-state index is 5.82. The van der Waals surface area contributed by atoms with Gasteiger partial charge in [0.2, 0.25) is 0 Å². The zero-order chi connectivity index (χ0) is 15.0. The van der Waals surface area contributed by atoms with Crippen molar-refractivity contribution in [1.29, 1.82) is 0 Å². The van der Waals surface area contributed by atoms with E-state index in [0.717, 1.165) is 17.9 Å². The van der Waals surface area contributed by atoms with Gasteiger partial charge in [0.25, 0.3) is 0 Å². The van der Waals surface area contributed by atoms with Crippen molar-refractivity contribution in [3.8, 4) is 5.75 Å². The molecule has 114 valence electrons. The van der Waals surface area contributed by atoms with Gasteiger partial charge in [0.15, 0.2) is 0 Å². The van der Waals surface area contributed by atoms with Crippen molar-refractivity contribution in [2.24, 2.45) is 0 Å². The number of hydrogen-bond donors (Lipinski definition) is 1. The lowest BCUT2D eigenvalue weighted by molar-refractivity contribution is -0.0115. The summed E-state index contributed by atoms with van der Waals surface area (Å²) >= 11 is 0. The summed E-state index contributed by atoms with van der Waals surface area (Å²) in [7, 11) is 3.41. The molecule has 0 aromatic heterocycles. The molecule has 4 heteroatoms. The Morgan fingerprint density at radius 1 is 1.15 bits per heavy atom. The normalized spacial score (nSPS) is 13.2. The molecule has 0 bridgehead atoms. The third-order valence-corrected chi connectivity index (χ3v) is 3.40. The van der Waals surface area contributed by atoms with E-state index in [1.165, 1.54) is 0 Å². The van der Waals surface area contributed by atoms with Crippen molar-refractivity contribution in [1.82, 2.24) is 5.32 Å². The van der Waals surface area contributed by atoms with Gasteiger partial charge in [-0.3, -0.25) is 0 Å². The average Bonchev–Trinajstić information content (AvgIpc) is 2.45. The Balaban J connectivity index is 3.00. The van der Waals surface area contributed by atoms with Gasteiger partial charge < -0.3 is 19.5 Å². The van der Waals surface area contributed by atoms with Crippen LogP contribution in [-0.2, 0) is 9.47 Å². The van der Waals surface area contributed by atoms with Crippen LogP contribution in [0.2, 0.25) is 0 Å². The Morgan fingerprint density at radius 2 is 1.85 bits per heavy atom. The fourth-order valence-electron chi connectivity index (χ4n) is 2.14. The first kappa shape index (κ1) is 17.0. The lowest BCUT2D eigenvalue weighted by Crippen LogP contribution is -2.41. The molecule has 1 aromatic rings. The predicted molar refractivity (Wildman–Crippen MR) is 81.3 cm³/mol. The first-order valence-electron chi connectivity index (χ1n) is 7.06. The number of ether oxygens (including phenoxy) is 3. The van der Waals surface area contributed by atoms with Crippen LogP contribution in [0, 0.1) is 0 Å². The number of likely N-dealkylation sites (N-methyl/N-ethyl adjacent to an activating group) is 1. The maximum Gasteiger partial charge on any atom is 0.124 e. The predicted octanol–water partition coefficient (Wildman–Crippen LogP) is 2.79. The molecule has 0 fully saturated rings. The van der Waals surface area contributed by atoms with Crippen LogP contribution in [-0.4, -0.2) is 39.6 Å². The highest BCUT2D eigenvalue weighted by molar-refractivity contribution is 5.37. The highest BCUT2D eigenvalue weighted by Crippen LogP contribution is 2.34. The van der Waals surface area contributed by atoms with Gasteiger partial charge in [-0.05, 0) is 26.5 Å². The molecule has 20 heavy (non-hydrogen) atoms. The molecule has 1 unspecified atom stereocenters. The second-order valence-corrected chi connectivity index (χ2v) is 5.18. The highest BCUT2D eigenvalue weighted by Gasteiger charge is 2.32. The van der Waals surface area contributed by atoms with Gasteiger partial charge in [0.1, 0.15) is 12.4 Å². The van der Waals surface area contributed by atoms with Crippen molar-refractivity contribution in [3.63, 3.8) is 0 Å². The van der Waals surface area contributed by atoms with Crippen LogP contribution >= 0.6 is 0 Å². The minimum absolute atomic E-state index is 0.0660. The quantitative estimate of drug-likeness (QED) is 0.707. The summed E-state index contributed by atoms with van der Waals surface area (Å²) in [5.41, 5.74) is 0.786. The van der Waals surface area contributed by atoms with E-state index in [2.05, 4.69) is 32.2 Å². The van der Waals surface area contributed by atoms with Crippen LogP contribution in [0.15, 0.2) is 24.3 Å². The van der Waals surface area contributed by atoms with E-state index in [1.807, 2.05) is 18.2 Å². The number of benzene rings is 1. The van der Waals surface area contributed by atoms with Gasteiger partial charge in [0.05, 0.1) is 18.2 Å². The van der Waals surface area contributed by atoms with E-state index in [9.17, 15) is 0 Å². The lowest BCUT2D eigenvalue weighted by atomic mass is 9.91. The van der Waals surface area contributed by atoms with E-state index in [4.69, 9.17) is 14.2 Å². The van der Waals surface area contributed by atoms with Crippen molar-refractivity contribution in [3.05, 3.63) is 29.8 Å². The minimum Gasteiger partial charge on any atom is -0.491 e. The van der Waals surface area contributed by atoms with Crippen LogP contribution in [0.5, 0.6) is 5.75 Å². The summed E-state index contributed by atoms with van der Waals surface area (Å²) in [5, 5.41) is 3.48. The fraction of sp³-hybridized carbons (Fsp3) is 0.625. The molecular weight excluding hydrogens is 254 g/mol. The Bertz CT molecular complexity index is 393. The second-order valence-electron chi connectivity index (χ2n) is 5.18. The second kappa shape index (κ2) is 8.25. The monoisotopic (exact) mass is 281 g/mol. The molecule has 1 atom stereocenters. The summed E-state index contributed by atoms with van der Waals surface area (Å²) in [6.07, 6.45) is 0. The largest absolute Gasteiger partial charge is 0.491 e. The molecule has 0 aliphatic carbocycles. The van der Waals surface area contributed by atoms with E-state index >= 15 is 0 Å². The highest BCUT2D eigenvalue weighted by atomic mass is 16.5. The molecule has 1 rings (SSSR count). The molecule has 0 radical (unpaired) electrons. The Morgan fingerprint density at radius 3 is 2.45 bits per heavy atom. The first-order valence-corrected chi connectivity index (χ1v) is 7.06. The van der Waals surface area contributed by atoms with Crippen LogP contribution in [0.3, 0.4) is 0 Å². The molecule has 0 aliphatic heterocycles. The van der Waals surface area contributed by atoms with Crippen molar-refractivity contribution < 1.29 is 14.2 Å². The summed E-state index contributed by atoms with van der Waals surface area (Å²) in [5.74, 6) is 0.876. The van der Waals surface area contributed by atoms with Crippen molar-refractivity contribution in [2.45, 2.75) is 32.4 Å². The summed E-state index contributed by atoms with van der Waals surface area (Å²) in [6.45, 7) is 8.23. The van der Waals surface area contributed by atoms with Crippen LogP contribution < -0.4 is 10.1 Å². The van der Waals surface area contributed by atoms with Gasteiger partial charge in [0, 0.05) is 19.8 Å². The molecule has 0 amide bonds. The molecule has 0 aliphatic rings. The molecule has 4 nitrogen and oxygen atoms in total. The number of rotatable bonds is 9. The van der Waals surface area contributed by atoms with Gasteiger partial charge in [-0.1, -0.05) is 25.1 Å². The molecule has 1 aromatic carbocycles. The summed E-state index contributed by atoms with van der Waals surface area (Å²) < 4.78 is 16.5. The molecule has 0 spiro atoms. The molecule has 0 saturated carbocycles. The molecule has 1 N–H and O–H groups in total. The Hall–Kier alpha value is -1.10. The summed E-state index contributed by atoms with van der Waals surface area (Å²) in [6, 6.07) is 8.14. The lowest BCUT2D eigenvalue weighted by Gasteiger charge is -2.35. The molecule has 0 saturated heterocycles. The van der Waals surface area contributed by atoms with Crippen LogP contribution in [0.1, 0.15) is 32.4 Å². The Kier molecular flexibility index (Phi) is 6.99. The number of methoxy groups -OCH3 is 2. The topological polar surface area (TPSA) is 39.7 Å². The third-order valence-electron chi connectivity index (χ3n) is 3.40. The van der Waals surface area contributed by atoms with Gasteiger partial charge in [-0.15, -0.1) is 0 Å². The zero-order valence-corrected chi connectivity index (χ0v) is 13.2. The first-order chi connectivity index (χ1) is 9.56. The average molecular weight is 281 g/mol. The number of nitrogens with one attached hydrogen (secondary N) is 1. The number of hydrogen-bond acceptors (Lipinski definition) is 4. The Labute approximate surface area is 122 Å². The smallest absolute Gasteiger partial charge is 0.124 e. The number of para-hydroxylation sites is 1. The van der Waals surface area contributed by atoms with Gasteiger partial charge in [-0.2, -0.15) is 0 Å². The fourth-order valence-corrected chi connectivity index (χ4v) is 2.14. The molecule has 0 heterocycles. The van der Waals surface area contributed by atoms with Crippen molar-refractivity contribution >= 4 is 0 Å². The van der Waals surface area contributed by atoms with Gasteiger partial charge in [-0.25, -0.2) is 0 Å². The summed E-state index contributed by atoms with van der Waals surface area (Å²) in [4.78, 5) is 0. The maximum atomic E-state index is 5.82. The van der Waals surface area contributed by atoms with E-state index in [-0.39, 0.29) is 11.6 Å². The SMILES string of the molecule is CCNC(c1ccccc1OCCOC)C(C)(C)OC. The standard InChI is InChI=1S/C16H27NO3/c1-6-17-15(16(2,3)19-5)13-9-7-8-10-14(13)20-12-11-18-4/h7-10,15,17H,6,11-12H2,1-5H3. The van der Waals surface area contributed by atoms with Crippen LogP contribution in [0.4, 0.5) is 0 Å². The van der Waals surface area contributed by atoms with Crippen molar-refractivity contribution in [2.75, 3.05) is 34.0 Å². The van der Waals surface area contributed by atoms with Crippen LogP contribution in [0.25, 0.3) is 0 Å². The zero-order valence-electron chi connectivity index (χ0n) is 13.2. The molecular formula is C16H27NO3.